The van der Waals surface area contributed by atoms with E-state index in [4.69, 9.17) is 17.8 Å². The smallest absolute Gasteiger partial charge is 0.264 e. The van der Waals surface area contributed by atoms with Gasteiger partial charge in [-0.05, 0) is 39.0 Å². The normalized spacial score (nSPS) is 35.5. The molecule has 9 nitrogen and oxygen atoms in total. The van der Waals surface area contributed by atoms with Crippen molar-refractivity contribution in [1.29, 1.82) is 0 Å². The van der Waals surface area contributed by atoms with E-state index in [1.165, 1.54) is 0 Å². The van der Waals surface area contributed by atoms with Crippen LogP contribution in [0.1, 0.15) is 33.1 Å². The maximum Gasteiger partial charge on any atom is 0.264 e. The molecule has 0 amide bonds. The van der Waals surface area contributed by atoms with Gasteiger partial charge in [-0.15, -0.1) is 0 Å². The Morgan fingerprint density at radius 3 is 2.04 bits per heavy atom. The molecule has 1 heterocycles. The molecule has 11 heteroatoms. The van der Waals surface area contributed by atoms with E-state index in [1.54, 1.807) is 13.8 Å². The molecular weight excluding hydrogens is 388 g/mol. The van der Waals surface area contributed by atoms with Gasteiger partial charge < -0.3 is 14.6 Å². The number of aliphatic hydroxyl groups excluding tert-OH is 1. The molecule has 0 bridgehead atoms. The third kappa shape index (κ3) is 6.11. The van der Waals surface area contributed by atoms with Crippen LogP contribution < -0.4 is 0 Å². The highest BCUT2D eigenvalue weighted by Crippen LogP contribution is 2.43. The van der Waals surface area contributed by atoms with Gasteiger partial charge in [-0.2, -0.15) is 16.8 Å². The number of hydrogen-bond acceptors (Lipinski definition) is 9. The second kappa shape index (κ2) is 7.98. The number of ether oxygens (including phenoxy) is 2. The summed E-state index contributed by atoms with van der Waals surface area (Å²) in [4.78, 5) is 0. The first-order valence-corrected chi connectivity index (χ1v) is 12.1. The summed E-state index contributed by atoms with van der Waals surface area (Å²) in [7, 11) is -7.43. The van der Waals surface area contributed by atoms with Gasteiger partial charge >= 0.3 is 0 Å². The summed E-state index contributed by atoms with van der Waals surface area (Å²) in [5.41, 5.74) is 0. The predicted molar refractivity (Wildman–Crippen MR) is 92.3 cm³/mol. The van der Waals surface area contributed by atoms with Crippen molar-refractivity contribution < 1.29 is 39.8 Å². The zero-order valence-electron chi connectivity index (χ0n) is 15.5. The van der Waals surface area contributed by atoms with Gasteiger partial charge in [0.1, 0.15) is 0 Å². The molecule has 1 N–H and O–H groups in total. The first kappa shape index (κ1) is 22.0. The molecular formula is C15H28O9S2. The van der Waals surface area contributed by atoms with Crippen molar-refractivity contribution in [2.24, 2.45) is 11.8 Å². The van der Waals surface area contributed by atoms with Crippen molar-refractivity contribution in [2.45, 2.75) is 57.2 Å². The Morgan fingerprint density at radius 1 is 1.04 bits per heavy atom. The predicted octanol–water partition coefficient (Wildman–Crippen LogP) is 0.236. The lowest BCUT2D eigenvalue weighted by atomic mass is 9.71. The lowest BCUT2D eigenvalue weighted by Crippen LogP contribution is -2.50. The quantitative estimate of drug-likeness (QED) is 0.581. The molecule has 1 saturated heterocycles. The molecule has 26 heavy (non-hydrogen) atoms. The Labute approximate surface area is 155 Å². The van der Waals surface area contributed by atoms with Gasteiger partial charge in [0.15, 0.2) is 5.79 Å². The van der Waals surface area contributed by atoms with E-state index < -0.39 is 56.2 Å². The first-order chi connectivity index (χ1) is 11.8. The lowest BCUT2D eigenvalue weighted by molar-refractivity contribution is -0.161. The maximum absolute atomic E-state index is 11.7. The minimum Gasteiger partial charge on any atom is -0.396 e. The van der Waals surface area contributed by atoms with E-state index in [1.807, 2.05) is 0 Å². The first-order valence-electron chi connectivity index (χ1n) is 8.50. The minimum absolute atomic E-state index is 0.201. The van der Waals surface area contributed by atoms with Crippen LogP contribution in [0.4, 0.5) is 0 Å². The van der Waals surface area contributed by atoms with Crippen LogP contribution in [0.3, 0.4) is 0 Å². The fraction of sp³-hybridized carbons (Fsp3) is 1.00. The molecule has 0 aromatic heterocycles. The van der Waals surface area contributed by atoms with Crippen LogP contribution in [-0.2, 0) is 38.1 Å². The average Bonchev–Trinajstić information content (AvgIpc) is 2.79. The molecule has 1 saturated carbocycles. The van der Waals surface area contributed by atoms with E-state index in [2.05, 4.69) is 0 Å². The molecule has 0 aromatic rings. The van der Waals surface area contributed by atoms with Crippen molar-refractivity contribution in [3.63, 3.8) is 0 Å². The lowest BCUT2D eigenvalue weighted by Gasteiger charge is -2.43. The van der Waals surface area contributed by atoms with Crippen LogP contribution in [0.25, 0.3) is 0 Å². The Balaban J connectivity index is 2.34. The number of rotatable bonds is 7. The minimum atomic E-state index is -3.72. The molecule has 5 unspecified atom stereocenters. The van der Waals surface area contributed by atoms with Crippen molar-refractivity contribution in [1.82, 2.24) is 0 Å². The van der Waals surface area contributed by atoms with E-state index in [0.29, 0.717) is 12.8 Å². The van der Waals surface area contributed by atoms with Crippen LogP contribution in [0.2, 0.25) is 0 Å². The Morgan fingerprint density at radius 2 is 1.58 bits per heavy atom. The van der Waals surface area contributed by atoms with Crippen molar-refractivity contribution in [3.8, 4) is 0 Å². The molecule has 2 fully saturated rings. The third-order valence-electron chi connectivity index (χ3n) is 4.66. The molecule has 2 rings (SSSR count). The molecule has 0 aromatic carbocycles. The SMILES string of the molecule is CC1(C)OCC(C2C(OS(C)(=O)=O)CCC(OS(C)(=O)=O)C2CCO)O1. The van der Waals surface area contributed by atoms with E-state index in [0.717, 1.165) is 12.5 Å². The Hall–Kier alpha value is -0.300. The van der Waals surface area contributed by atoms with Crippen LogP contribution in [0.15, 0.2) is 0 Å². The second-order valence-electron chi connectivity index (χ2n) is 7.38. The average molecular weight is 417 g/mol. The summed E-state index contributed by atoms with van der Waals surface area (Å²) in [5, 5.41) is 9.48. The number of hydrogen-bond donors (Lipinski definition) is 1. The Bertz CT molecular complexity index is 686. The Kier molecular flexibility index (Phi) is 6.75. The highest BCUT2D eigenvalue weighted by atomic mass is 32.2. The van der Waals surface area contributed by atoms with Crippen LogP contribution in [0.5, 0.6) is 0 Å². The number of aliphatic hydroxyl groups is 1. The zero-order chi connectivity index (χ0) is 19.8. The highest BCUT2D eigenvalue weighted by molar-refractivity contribution is 7.86. The van der Waals surface area contributed by atoms with E-state index >= 15 is 0 Å². The maximum atomic E-state index is 11.7. The van der Waals surface area contributed by atoms with E-state index in [9.17, 15) is 21.9 Å². The van der Waals surface area contributed by atoms with Crippen LogP contribution in [0, 0.1) is 11.8 Å². The highest BCUT2D eigenvalue weighted by Gasteiger charge is 2.50. The summed E-state index contributed by atoms with van der Waals surface area (Å²) < 4.78 is 68.6. The third-order valence-corrected chi connectivity index (χ3v) is 5.85. The van der Waals surface area contributed by atoms with Gasteiger partial charge in [-0.1, -0.05) is 0 Å². The monoisotopic (exact) mass is 416 g/mol. The fourth-order valence-electron chi connectivity index (χ4n) is 3.89. The second-order valence-corrected chi connectivity index (χ2v) is 10.6. The van der Waals surface area contributed by atoms with Crippen LogP contribution >= 0.6 is 0 Å². The van der Waals surface area contributed by atoms with Crippen molar-refractivity contribution in [3.05, 3.63) is 0 Å². The van der Waals surface area contributed by atoms with Crippen molar-refractivity contribution >= 4 is 20.2 Å². The summed E-state index contributed by atoms with van der Waals surface area (Å²) in [5.74, 6) is -1.80. The molecule has 1 aliphatic carbocycles. The van der Waals surface area contributed by atoms with E-state index in [-0.39, 0.29) is 19.6 Å². The molecule has 5 atom stereocenters. The van der Waals surface area contributed by atoms with Gasteiger partial charge in [0, 0.05) is 12.5 Å². The van der Waals surface area contributed by atoms with Gasteiger partial charge in [-0.25, -0.2) is 0 Å². The van der Waals surface area contributed by atoms with Gasteiger partial charge in [-0.3, -0.25) is 8.37 Å². The van der Waals surface area contributed by atoms with Crippen molar-refractivity contribution in [2.75, 3.05) is 25.7 Å². The largest absolute Gasteiger partial charge is 0.396 e. The summed E-state index contributed by atoms with van der Waals surface area (Å²) in [6, 6.07) is 0. The molecule has 1 aliphatic heterocycles. The summed E-state index contributed by atoms with van der Waals surface area (Å²) in [6.45, 7) is 3.50. The zero-order valence-corrected chi connectivity index (χ0v) is 17.1. The molecule has 2 aliphatic rings. The van der Waals surface area contributed by atoms with Gasteiger partial charge in [0.2, 0.25) is 0 Å². The summed E-state index contributed by atoms with van der Waals surface area (Å²) in [6.07, 6.45) is 0.868. The molecule has 154 valence electrons. The molecule has 0 radical (unpaired) electrons. The van der Waals surface area contributed by atoms with Crippen LogP contribution in [-0.4, -0.2) is 71.8 Å². The topological polar surface area (TPSA) is 125 Å². The summed E-state index contributed by atoms with van der Waals surface area (Å²) >= 11 is 0. The molecule has 0 spiro atoms. The van der Waals surface area contributed by atoms with Gasteiger partial charge in [0.25, 0.3) is 20.2 Å². The fourth-order valence-corrected chi connectivity index (χ4v) is 5.25. The standard InChI is InChI=1S/C15H28O9S2/c1-15(2)21-9-13(22-15)14-10(7-8-16)11(23-25(3,17)18)5-6-12(14)24-26(4,19)20/h10-14,16H,5-9H2,1-4H3. The van der Waals surface area contributed by atoms with Gasteiger partial charge in [0.05, 0.1) is 37.4 Å².